The zero-order valence-corrected chi connectivity index (χ0v) is 21.7. The van der Waals surface area contributed by atoms with Gasteiger partial charge in [0.1, 0.15) is 5.76 Å². The Morgan fingerprint density at radius 2 is 1.66 bits per heavy atom. The fourth-order valence-corrected chi connectivity index (χ4v) is 5.09. The number of likely N-dealkylation sites (tertiary alicyclic amines) is 1. The van der Waals surface area contributed by atoms with E-state index in [0.717, 1.165) is 35.6 Å². The monoisotopic (exact) mass is 479 g/mol. The number of morpholine rings is 1. The Bertz CT molecular complexity index is 1150. The molecule has 2 fully saturated rings. The summed E-state index contributed by atoms with van der Waals surface area (Å²) in [6.07, 6.45) is 0. The van der Waals surface area contributed by atoms with Crippen molar-refractivity contribution in [2.24, 2.45) is 0 Å². The predicted molar refractivity (Wildman–Crippen MR) is 136 cm³/mol. The summed E-state index contributed by atoms with van der Waals surface area (Å²) >= 11 is 0. The molecular formula is C28H37N3O4. The van der Waals surface area contributed by atoms with Gasteiger partial charge in [0.05, 0.1) is 24.8 Å². The zero-order valence-electron chi connectivity index (χ0n) is 21.7. The Labute approximate surface area is 207 Å². The van der Waals surface area contributed by atoms with E-state index in [2.05, 4.69) is 30.7 Å². The highest BCUT2D eigenvalue weighted by atomic mass is 16.5. The second kappa shape index (κ2) is 9.63. The zero-order chi connectivity index (χ0) is 25.5. The predicted octanol–water partition coefficient (Wildman–Crippen LogP) is 3.99. The average Bonchev–Trinajstić information content (AvgIpc) is 3.23. The second-order valence-electron chi connectivity index (χ2n) is 10.7. The third kappa shape index (κ3) is 4.80. The van der Waals surface area contributed by atoms with Crippen LogP contribution in [0.3, 0.4) is 0 Å². The number of aromatic amines is 1. The number of ketones is 1. The molecule has 2 aliphatic rings. The summed E-state index contributed by atoms with van der Waals surface area (Å²) in [5.74, 6) is -1.30. The number of nitrogens with zero attached hydrogens (tertiary/aromatic N) is 2. The summed E-state index contributed by atoms with van der Waals surface area (Å²) in [6, 6.07) is 7.42. The van der Waals surface area contributed by atoms with Crippen LogP contribution in [-0.2, 0) is 19.7 Å². The quantitative estimate of drug-likeness (QED) is 0.385. The van der Waals surface area contributed by atoms with E-state index < -0.39 is 17.7 Å². The minimum Gasteiger partial charge on any atom is -0.507 e. The number of carbonyl (C=O) groups is 2. The van der Waals surface area contributed by atoms with Gasteiger partial charge in [-0.25, -0.2) is 0 Å². The molecular weight excluding hydrogens is 442 g/mol. The van der Waals surface area contributed by atoms with Crippen LogP contribution in [0.15, 0.2) is 29.8 Å². The summed E-state index contributed by atoms with van der Waals surface area (Å²) < 4.78 is 5.44. The number of aliphatic hydroxyl groups is 1. The highest BCUT2D eigenvalue weighted by molar-refractivity contribution is 6.46. The molecule has 1 atom stereocenters. The Kier molecular flexibility index (Phi) is 6.93. The van der Waals surface area contributed by atoms with Crippen molar-refractivity contribution in [1.29, 1.82) is 0 Å². The van der Waals surface area contributed by atoms with Crippen molar-refractivity contribution < 1.29 is 19.4 Å². The standard InChI is InChI=1S/C28H37N3O4/c1-17-18(2)29-19(3)22(17)25(32)23-24(20-7-9-21(10-8-20)28(4,5)6)31(27(34)26(23)33)12-11-30-13-15-35-16-14-30/h7-10,24,29,32H,11-16H2,1-6H3/b25-23+. The number of ether oxygens (including phenoxy) is 1. The first-order chi connectivity index (χ1) is 16.5. The molecule has 7 heteroatoms. The normalized spacial score (nSPS) is 21.2. The van der Waals surface area contributed by atoms with Crippen LogP contribution in [0, 0.1) is 20.8 Å². The molecule has 188 valence electrons. The van der Waals surface area contributed by atoms with Crippen molar-refractivity contribution in [2.45, 2.75) is 53.0 Å². The van der Waals surface area contributed by atoms with Crippen molar-refractivity contribution in [2.75, 3.05) is 39.4 Å². The molecule has 3 heterocycles. The van der Waals surface area contributed by atoms with Gasteiger partial charge in [-0.05, 0) is 42.9 Å². The maximum Gasteiger partial charge on any atom is 0.295 e. The van der Waals surface area contributed by atoms with E-state index in [0.29, 0.717) is 31.9 Å². The minimum atomic E-state index is -0.640. The van der Waals surface area contributed by atoms with Gasteiger partial charge in [0.15, 0.2) is 0 Å². The largest absolute Gasteiger partial charge is 0.507 e. The molecule has 2 aromatic rings. The van der Waals surface area contributed by atoms with Gasteiger partial charge in [0, 0.05) is 43.1 Å². The molecule has 4 rings (SSSR count). The molecule has 0 aliphatic carbocycles. The third-order valence-corrected chi connectivity index (χ3v) is 7.32. The highest BCUT2D eigenvalue weighted by Crippen LogP contribution is 2.41. The van der Waals surface area contributed by atoms with Crippen LogP contribution < -0.4 is 0 Å². The lowest BCUT2D eigenvalue weighted by Gasteiger charge is -2.31. The van der Waals surface area contributed by atoms with Crippen molar-refractivity contribution in [3.63, 3.8) is 0 Å². The van der Waals surface area contributed by atoms with E-state index in [1.807, 2.05) is 45.0 Å². The van der Waals surface area contributed by atoms with Crippen LogP contribution in [0.1, 0.15) is 60.5 Å². The van der Waals surface area contributed by atoms with Crippen LogP contribution in [-0.4, -0.2) is 71.0 Å². The van der Waals surface area contributed by atoms with Gasteiger partial charge >= 0.3 is 0 Å². The maximum absolute atomic E-state index is 13.4. The van der Waals surface area contributed by atoms with Crippen LogP contribution in [0.4, 0.5) is 0 Å². The number of rotatable bonds is 5. The van der Waals surface area contributed by atoms with E-state index in [1.165, 1.54) is 5.56 Å². The van der Waals surface area contributed by atoms with Gasteiger partial charge < -0.3 is 19.7 Å². The second-order valence-corrected chi connectivity index (χ2v) is 10.7. The van der Waals surface area contributed by atoms with Crippen LogP contribution in [0.2, 0.25) is 0 Å². The molecule has 0 saturated carbocycles. The van der Waals surface area contributed by atoms with E-state index in [4.69, 9.17) is 4.74 Å². The van der Waals surface area contributed by atoms with Crippen LogP contribution >= 0.6 is 0 Å². The van der Waals surface area contributed by atoms with Crippen molar-refractivity contribution in [3.05, 3.63) is 63.5 Å². The van der Waals surface area contributed by atoms with Gasteiger partial charge in [-0.1, -0.05) is 45.0 Å². The number of aryl methyl sites for hydroxylation is 2. The first-order valence-electron chi connectivity index (χ1n) is 12.4. The molecule has 2 N–H and O–H groups in total. The first kappa shape index (κ1) is 25.2. The molecule has 2 saturated heterocycles. The summed E-state index contributed by atoms with van der Waals surface area (Å²) in [4.78, 5) is 33.8. The fourth-order valence-electron chi connectivity index (χ4n) is 5.09. The molecule has 1 unspecified atom stereocenters. The molecule has 1 aromatic heterocycles. The Hall–Kier alpha value is -2.90. The SMILES string of the molecule is Cc1[nH]c(C)c(/C(O)=C2\C(=O)C(=O)N(CCN3CCOCC3)C2c2ccc(C(C)(C)C)cc2)c1C. The van der Waals surface area contributed by atoms with Crippen LogP contribution in [0.5, 0.6) is 0 Å². The number of amides is 1. The van der Waals surface area contributed by atoms with Gasteiger partial charge in [0.2, 0.25) is 0 Å². The van der Waals surface area contributed by atoms with E-state index >= 15 is 0 Å². The molecule has 1 amide bonds. The number of Topliss-reactive ketones (excluding diaryl/α,β-unsaturated/α-hetero) is 1. The van der Waals surface area contributed by atoms with Crippen LogP contribution in [0.25, 0.3) is 5.76 Å². The number of hydrogen-bond acceptors (Lipinski definition) is 5. The number of nitrogens with one attached hydrogen (secondary N) is 1. The Morgan fingerprint density at radius 3 is 2.20 bits per heavy atom. The number of carbonyl (C=O) groups excluding carboxylic acids is 2. The number of aliphatic hydroxyl groups excluding tert-OH is 1. The fraction of sp³-hybridized carbons (Fsp3) is 0.500. The summed E-state index contributed by atoms with van der Waals surface area (Å²) in [7, 11) is 0. The number of H-pyrrole nitrogens is 1. The molecule has 0 spiro atoms. The van der Waals surface area contributed by atoms with Gasteiger partial charge in [-0.3, -0.25) is 14.5 Å². The molecule has 0 radical (unpaired) electrons. The Balaban J connectivity index is 1.79. The number of hydrogen-bond donors (Lipinski definition) is 2. The summed E-state index contributed by atoms with van der Waals surface area (Å²) in [5.41, 5.74) is 5.31. The van der Waals surface area contributed by atoms with Crippen molar-refractivity contribution in [3.8, 4) is 0 Å². The Morgan fingerprint density at radius 1 is 1.03 bits per heavy atom. The third-order valence-electron chi connectivity index (χ3n) is 7.32. The number of aromatic nitrogens is 1. The number of benzene rings is 1. The maximum atomic E-state index is 13.4. The highest BCUT2D eigenvalue weighted by Gasteiger charge is 2.46. The van der Waals surface area contributed by atoms with E-state index in [9.17, 15) is 14.7 Å². The lowest BCUT2D eigenvalue weighted by atomic mass is 9.85. The summed E-state index contributed by atoms with van der Waals surface area (Å²) in [5, 5.41) is 11.5. The average molecular weight is 480 g/mol. The minimum absolute atomic E-state index is 0.0203. The molecule has 35 heavy (non-hydrogen) atoms. The smallest absolute Gasteiger partial charge is 0.295 e. The van der Waals surface area contributed by atoms with E-state index in [1.54, 1.807) is 4.90 Å². The first-order valence-corrected chi connectivity index (χ1v) is 12.4. The summed E-state index contributed by atoms with van der Waals surface area (Å²) in [6.45, 7) is 16.2. The molecule has 1 aromatic carbocycles. The molecule has 0 bridgehead atoms. The van der Waals surface area contributed by atoms with Crippen molar-refractivity contribution >= 4 is 17.4 Å². The van der Waals surface area contributed by atoms with Crippen molar-refractivity contribution in [1.82, 2.24) is 14.8 Å². The molecule has 2 aliphatic heterocycles. The van der Waals surface area contributed by atoms with Gasteiger partial charge in [-0.15, -0.1) is 0 Å². The van der Waals surface area contributed by atoms with Gasteiger partial charge in [-0.2, -0.15) is 0 Å². The van der Waals surface area contributed by atoms with Gasteiger partial charge in [0.25, 0.3) is 11.7 Å². The topological polar surface area (TPSA) is 85.9 Å². The lowest BCUT2D eigenvalue weighted by molar-refractivity contribution is -0.140. The lowest BCUT2D eigenvalue weighted by Crippen LogP contribution is -2.42. The molecule has 7 nitrogen and oxygen atoms in total. The van der Waals surface area contributed by atoms with E-state index in [-0.39, 0.29) is 16.7 Å².